The molecule has 0 saturated heterocycles. The molecule has 0 unspecified atom stereocenters. The van der Waals surface area contributed by atoms with Crippen molar-refractivity contribution in [1.29, 1.82) is 0 Å². The number of nitrogens with one attached hydrogen (secondary N) is 1. The summed E-state index contributed by atoms with van der Waals surface area (Å²) in [6.45, 7) is 4.58. The van der Waals surface area contributed by atoms with Gasteiger partial charge in [-0.05, 0) is 43.7 Å². The number of hydrogen-bond acceptors (Lipinski definition) is 3. The quantitative estimate of drug-likeness (QED) is 0.804. The fraction of sp³-hybridized carbons (Fsp3) is 0.333. The van der Waals surface area contributed by atoms with Crippen LogP contribution in [-0.4, -0.2) is 17.3 Å². The van der Waals surface area contributed by atoms with Gasteiger partial charge in [-0.3, -0.25) is 0 Å². The minimum atomic E-state index is -0.375. The summed E-state index contributed by atoms with van der Waals surface area (Å²) in [5.41, 5.74) is 1.01. The van der Waals surface area contributed by atoms with Crippen LogP contribution in [0, 0.1) is 5.82 Å². The van der Waals surface area contributed by atoms with E-state index in [1.54, 1.807) is 12.1 Å². The molecule has 0 radical (unpaired) electrons. The summed E-state index contributed by atoms with van der Waals surface area (Å²) in [5, 5.41) is 12.9. The highest BCUT2D eigenvalue weighted by Gasteiger charge is 2.15. The molecule has 0 saturated carbocycles. The molecule has 0 aromatic heterocycles. The summed E-state index contributed by atoms with van der Waals surface area (Å²) >= 11 is 5.99. The van der Waals surface area contributed by atoms with Crippen molar-refractivity contribution >= 4 is 11.6 Å². The molecule has 0 amide bonds. The molecule has 0 atom stereocenters. The summed E-state index contributed by atoms with van der Waals surface area (Å²) in [7, 11) is 0. The van der Waals surface area contributed by atoms with Crippen LogP contribution in [0.15, 0.2) is 42.5 Å². The van der Waals surface area contributed by atoms with Gasteiger partial charge in [-0.2, -0.15) is 0 Å². The summed E-state index contributed by atoms with van der Waals surface area (Å²) in [4.78, 5) is 0. The van der Waals surface area contributed by atoms with E-state index < -0.39 is 0 Å². The average molecular weight is 338 g/mol. The number of ether oxygens (including phenoxy) is 1. The van der Waals surface area contributed by atoms with Gasteiger partial charge in [0.05, 0.1) is 11.6 Å². The number of rotatable bonds is 7. The third kappa shape index (κ3) is 5.20. The molecule has 2 aromatic rings. The van der Waals surface area contributed by atoms with Crippen molar-refractivity contribution in [2.24, 2.45) is 0 Å². The number of halogens is 2. The van der Waals surface area contributed by atoms with E-state index in [9.17, 15) is 9.50 Å². The Kier molecular flexibility index (Phi) is 5.99. The van der Waals surface area contributed by atoms with Gasteiger partial charge in [0, 0.05) is 17.6 Å². The van der Waals surface area contributed by atoms with E-state index in [0.29, 0.717) is 22.9 Å². The van der Waals surface area contributed by atoms with Crippen LogP contribution in [0.4, 0.5) is 4.39 Å². The molecule has 2 aromatic carbocycles. The lowest BCUT2D eigenvalue weighted by Gasteiger charge is -2.23. The Morgan fingerprint density at radius 2 is 1.96 bits per heavy atom. The Hall–Kier alpha value is -1.62. The van der Waals surface area contributed by atoms with Gasteiger partial charge in [-0.25, -0.2) is 4.39 Å². The van der Waals surface area contributed by atoms with Gasteiger partial charge in [0.25, 0.3) is 0 Å². The van der Waals surface area contributed by atoms with Crippen LogP contribution in [0.5, 0.6) is 5.75 Å². The maximum absolute atomic E-state index is 13.7. The van der Waals surface area contributed by atoms with Crippen LogP contribution in [0.3, 0.4) is 0 Å². The minimum absolute atomic E-state index is 0.0506. The SMILES string of the molecule is CC(C)(CO)NCc1cccc(OCc2c(F)cccc2Cl)c1. The fourth-order valence-electron chi connectivity index (χ4n) is 1.97. The molecule has 5 heteroatoms. The lowest BCUT2D eigenvalue weighted by molar-refractivity contribution is 0.187. The molecule has 0 fully saturated rings. The summed E-state index contributed by atoms with van der Waals surface area (Å²) in [6.07, 6.45) is 0. The normalized spacial score (nSPS) is 11.5. The highest BCUT2D eigenvalue weighted by Crippen LogP contribution is 2.22. The summed E-state index contributed by atoms with van der Waals surface area (Å²) < 4.78 is 19.4. The van der Waals surface area contributed by atoms with Crippen LogP contribution < -0.4 is 10.1 Å². The van der Waals surface area contributed by atoms with Crippen molar-refractivity contribution in [2.45, 2.75) is 32.5 Å². The van der Waals surface area contributed by atoms with Gasteiger partial charge in [0.2, 0.25) is 0 Å². The first-order valence-corrected chi connectivity index (χ1v) is 7.79. The van der Waals surface area contributed by atoms with Gasteiger partial charge in [-0.1, -0.05) is 29.8 Å². The van der Waals surface area contributed by atoms with E-state index in [0.717, 1.165) is 5.56 Å². The van der Waals surface area contributed by atoms with Crippen molar-refractivity contribution in [2.75, 3.05) is 6.61 Å². The van der Waals surface area contributed by atoms with E-state index in [4.69, 9.17) is 16.3 Å². The molecular weight excluding hydrogens is 317 g/mol. The van der Waals surface area contributed by atoms with E-state index in [1.165, 1.54) is 6.07 Å². The molecule has 0 bridgehead atoms. The first-order valence-electron chi connectivity index (χ1n) is 7.42. The maximum Gasteiger partial charge on any atom is 0.131 e. The first kappa shape index (κ1) is 17.7. The summed E-state index contributed by atoms with van der Waals surface area (Å²) in [5.74, 6) is 0.269. The molecule has 0 aliphatic carbocycles. The standard InChI is InChI=1S/C18H21ClFNO2/c1-18(2,12-22)21-10-13-5-3-6-14(9-13)23-11-15-16(19)7-4-8-17(15)20/h3-9,21-22H,10-12H2,1-2H3. The molecule has 3 nitrogen and oxygen atoms in total. The second kappa shape index (κ2) is 7.77. The minimum Gasteiger partial charge on any atom is -0.489 e. The third-order valence-corrected chi connectivity index (χ3v) is 3.86. The van der Waals surface area contributed by atoms with Crippen molar-refractivity contribution in [3.8, 4) is 5.75 Å². The van der Waals surface area contributed by atoms with Crippen molar-refractivity contribution in [3.63, 3.8) is 0 Å². The molecule has 23 heavy (non-hydrogen) atoms. The Bertz CT molecular complexity index is 641. The molecule has 2 rings (SSSR count). The zero-order valence-corrected chi connectivity index (χ0v) is 14.0. The van der Waals surface area contributed by atoms with Crippen molar-refractivity contribution in [1.82, 2.24) is 5.32 Å². The van der Waals surface area contributed by atoms with Crippen molar-refractivity contribution in [3.05, 3.63) is 64.4 Å². The van der Waals surface area contributed by atoms with Crippen LogP contribution in [0.1, 0.15) is 25.0 Å². The van der Waals surface area contributed by atoms with Gasteiger partial charge < -0.3 is 15.2 Å². The maximum atomic E-state index is 13.7. The molecule has 0 aliphatic heterocycles. The van der Waals surface area contributed by atoms with E-state index in [2.05, 4.69) is 5.32 Å². The predicted molar refractivity (Wildman–Crippen MR) is 90.2 cm³/mol. The van der Waals surface area contributed by atoms with Crippen LogP contribution in [0.25, 0.3) is 0 Å². The summed E-state index contributed by atoms with van der Waals surface area (Å²) in [6, 6.07) is 12.1. The Balaban J connectivity index is 2.00. The number of hydrogen-bond donors (Lipinski definition) is 2. The first-order chi connectivity index (χ1) is 10.9. The zero-order chi connectivity index (χ0) is 16.9. The Morgan fingerprint density at radius 3 is 2.65 bits per heavy atom. The number of aliphatic hydroxyl groups excluding tert-OH is 1. The lowest BCUT2D eigenvalue weighted by atomic mass is 10.1. The molecule has 0 heterocycles. The second-order valence-electron chi connectivity index (χ2n) is 6.03. The predicted octanol–water partition coefficient (Wildman–Crippen LogP) is 3.92. The monoisotopic (exact) mass is 337 g/mol. The Morgan fingerprint density at radius 1 is 1.22 bits per heavy atom. The van der Waals surface area contributed by atoms with Gasteiger partial charge in [0.15, 0.2) is 0 Å². The van der Waals surface area contributed by atoms with Gasteiger partial charge in [0.1, 0.15) is 18.2 Å². The van der Waals surface area contributed by atoms with E-state index in [1.807, 2.05) is 38.1 Å². The van der Waals surface area contributed by atoms with Gasteiger partial charge >= 0.3 is 0 Å². The zero-order valence-electron chi connectivity index (χ0n) is 13.3. The Labute approximate surface area is 141 Å². The second-order valence-corrected chi connectivity index (χ2v) is 6.44. The number of benzene rings is 2. The van der Waals surface area contributed by atoms with Crippen LogP contribution >= 0.6 is 11.6 Å². The smallest absolute Gasteiger partial charge is 0.131 e. The molecule has 0 spiro atoms. The lowest BCUT2D eigenvalue weighted by Crippen LogP contribution is -2.42. The van der Waals surface area contributed by atoms with E-state index >= 15 is 0 Å². The topological polar surface area (TPSA) is 41.5 Å². The molecular formula is C18H21ClFNO2. The van der Waals surface area contributed by atoms with Gasteiger partial charge in [-0.15, -0.1) is 0 Å². The highest BCUT2D eigenvalue weighted by atomic mass is 35.5. The average Bonchev–Trinajstić information content (AvgIpc) is 2.53. The van der Waals surface area contributed by atoms with Crippen LogP contribution in [0.2, 0.25) is 5.02 Å². The van der Waals surface area contributed by atoms with Crippen LogP contribution in [-0.2, 0) is 13.2 Å². The van der Waals surface area contributed by atoms with Crippen molar-refractivity contribution < 1.29 is 14.2 Å². The highest BCUT2D eigenvalue weighted by molar-refractivity contribution is 6.31. The largest absolute Gasteiger partial charge is 0.489 e. The molecule has 0 aliphatic rings. The molecule has 124 valence electrons. The molecule has 2 N–H and O–H groups in total. The fourth-order valence-corrected chi connectivity index (χ4v) is 2.19. The van der Waals surface area contributed by atoms with E-state index in [-0.39, 0.29) is 24.6 Å². The third-order valence-electron chi connectivity index (χ3n) is 3.51. The number of aliphatic hydroxyl groups is 1.